The van der Waals surface area contributed by atoms with Crippen LogP contribution in [0.5, 0.6) is 6.01 Å². The van der Waals surface area contributed by atoms with Gasteiger partial charge in [-0.25, -0.2) is 13.2 Å². The van der Waals surface area contributed by atoms with Crippen LogP contribution in [0.3, 0.4) is 0 Å². The summed E-state index contributed by atoms with van der Waals surface area (Å²) >= 11 is 0.708. The number of alkyl halides is 4. The van der Waals surface area contributed by atoms with E-state index in [0.717, 1.165) is 37.6 Å². The molecule has 2 aromatic heterocycles. The summed E-state index contributed by atoms with van der Waals surface area (Å²) in [7, 11) is 1.27. The van der Waals surface area contributed by atoms with E-state index in [9.17, 15) is 27.2 Å². The van der Waals surface area contributed by atoms with E-state index in [4.69, 9.17) is 15.2 Å². The molecule has 4 aliphatic heterocycles. The Balaban J connectivity index is 0.000000334. The van der Waals surface area contributed by atoms with Crippen LogP contribution in [-0.2, 0) is 10.9 Å². The Labute approximate surface area is 269 Å². The van der Waals surface area contributed by atoms with Gasteiger partial charge in [0, 0.05) is 47.9 Å². The summed E-state index contributed by atoms with van der Waals surface area (Å²) in [4.78, 5) is 12.4. The molecule has 4 atom stereocenters. The van der Waals surface area contributed by atoms with Gasteiger partial charge >= 0.3 is 12.2 Å². The van der Waals surface area contributed by atoms with Gasteiger partial charge < -0.3 is 20.1 Å². The van der Waals surface area contributed by atoms with Crippen LogP contribution in [0.25, 0.3) is 32.1 Å². The lowest BCUT2D eigenvalue weighted by Gasteiger charge is -2.32. The van der Waals surface area contributed by atoms with Crippen LogP contribution in [0.2, 0.25) is 0 Å². The number of fused-ring (bicyclic) bond motifs is 5. The predicted octanol–water partition coefficient (Wildman–Crippen LogP) is 6.69. The highest BCUT2D eigenvalue weighted by Crippen LogP contribution is 2.48. The number of piperidine rings is 1. The Morgan fingerprint density at radius 2 is 1.96 bits per heavy atom. The average molecular weight is 677 g/mol. The Morgan fingerprint density at radius 1 is 1.15 bits per heavy atom. The lowest BCUT2D eigenvalue weighted by molar-refractivity contribution is -0.137. The van der Waals surface area contributed by atoms with Gasteiger partial charge in [-0.2, -0.15) is 28.4 Å². The third-order valence-corrected chi connectivity index (χ3v) is 10.4. The number of aromatic nitrogens is 2. The molecule has 0 amide bonds. The fraction of sp³-hybridized carbons (Fsp3) is 0.469. The first-order valence-corrected chi connectivity index (χ1v) is 16.1. The molecule has 47 heavy (non-hydrogen) atoms. The minimum absolute atomic E-state index is 0.0863. The number of benzene rings is 2. The zero-order valence-corrected chi connectivity index (χ0v) is 26.0. The van der Waals surface area contributed by atoms with Crippen molar-refractivity contribution in [3.05, 3.63) is 41.0 Å². The highest BCUT2D eigenvalue weighted by molar-refractivity contribution is 7.23. The molecule has 4 unspecified atom stereocenters. The van der Waals surface area contributed by atoms with Crippen molar-refractivity contribution in [3.63, 3.8) is 0 Å². The summed E-state index contributed by atoms with van der Waals surface area (Å²) in [5.74, 6) is -1.82. The quantitative estimate of drug-likeness (QED) is 0.240. The molecule has 8 rings (SSSR count). The molecule has 0 saturated carbocycles. The molecule has 6 heterocycles. The van der Waals surface area contributed by atoms with Crippen LogP contribution < -0.4 is 15.4 Å². The summed E-state index contributed by atoms with van der Waals surface area (Å²) < 4.78 is 97.9. The van der Waals surface area contributed by atoms with E-state index in [1.165, 1.54) is 20.0 Å². The molecular weight excluding hydrogens is 646 g/mol. The van der Waals surface area contributed by atoms with Gasteiger partial charge in [0.05, 0.1) is 35.6 Å². The van der Waals surface area contributed by atoms with Crippen LogP contribution in [0.15, 0.2) is 18.2 Å². The zero-order chi connectivity index (χ0) is 33.2. The van der Waals surface area contributed by atoms with Crippen LogP contribution >= 0.6 is 11.3 Å². The largest absolute Gasteiger partial charge is 0.467 e. The van der Waals surface area contributed by atoms with E-state index in [2.05, 4.69) is 14.9 Å². The molecular formula is C32H30F6N6O2S. The van der Waals surface area contributed by atoms with E-state index < -0.39 is 40.6 Å². The maximum Gasteiger partial charge on any atom is 0.417 e. The molecule has 15 heteroatoms. The van der Waals surface area contributed by atoms with Crippen LogP contribution in [0, 0.1) is 28.9 Å². The van der Waals surface area contributed by atoms with E-state index in [1.807, 2.05) is 0 Å². The zero-order valence-electron chi connectivity index (χ0n) is 25.2. The van der Waals surface area contributed by atoms with Gasteiger partial charge in [0.1, 0.15) is 34.4 Å². The molecule has 4 aliphatic rings. The Kier molecular flexibility index (Phi) is 8.08. The first-order valence-electron chi connectivity index (χ1n) is 15.3. The number of anilines is 2. The number of methoxy groups -OCH3 is 1. The lowest BCUT2D eigenvalue weighted by Crippen LogP contribution is -2.39. The summed E-state index contributed by atoms with van der Waals surface area (Å²) in [6.07, 6.45) is -1.49. The van der Waals surface area contributed by atoms with Crippen LogP contribution in [-0.4, -0.2) is 73.1 Å². The lowest BCUT2D eigenvalue weighted by atomic mass is 9.92. The van der Waals surface area contributed by atoms with Crippen molar-refractivity contribution in [2.24, 2.45) is 5.92 Å². The normalized spacial score (nSPS) is 24.0. The molecule has 2 N–H and O–H groups in total. The van der Waals surface area contributed by atoms with Gasteiger partial charge in [-0.1, -0.05) is 6.07 Å². The SMILES string of the molecule is COc1nc(N2CC3COC(C3)C2)c2cc(C(F)(F)F)c(-c3ccc(F)c4sc(N)c(C#N)c34)c(F)c2n1.FC1CC2CCCN2C1. The summed E-state index contributed by atoms with van der Waals surface area (Å²) in [6, 6.07) is 4.94. The van der Waals surface area contributed by atoms with E-state index in [1.54, 1.807) is 11.0 Å². The van der Waals surface area contributed by atoms with E-state index in [-0.39, 0.29) is 55.5 Å². The molecule has 2 aromatic carbocycles. The highest BCUT2D eigenvalue weighted by Gasteiger charge is 2.40. The van der Waals surface area contributed by atoms with E-state index in [0.29, 0.717) is 43.6 Å². The molecule has 0 radical (unpaired) electrons. The van der Waals surface area contributed by atoms with Gasteiger partial charge in [-0.15, -0.1) is 11.3 Å². The molecule has 2 bridgehead atoms. The number of thiophene rings is 1. The highest BCUT2D eigenvalue weighted by atomic mass is 32.1. The number of nitriles is 1. The van der Waals surface area contributed by atoms with Crippen LogP contribution in [0.1, 0.15) is 36.8 Å². The molecule has 248 valence electrons. The minimum Gasteiger partial charge on any atom is -0.467 e. The van der Waals surface area contributed by atoms with Crippen molar-refractivity contribution in [2.75, 3.05) is 50.5 Å². The number of hydrogen-bond acceptors (Lipinski definition) is 9. The fourth-order valence-corrected chi connectivity index (χ4v) is 8.33. The first-order chi connectivity index (χ1) is 22.5. The van der Waals surface area contributed by atoms with Gasteiger partial charge in [-0.05, 0) is 49.9 Å². The van der Waals surface area contributed by atoms with Crippen LogP contribution in [0.4, 0.5) is 37.2 Å². The molecule has 4 saturated heterocycles. The second-order valence-electron chi connectivity index (χ2n) is 12.4. The Morgan fingerprint density at radius 3 is 2.66 bits per heavy atom. The summed E-state index contributed by atoms with van der Waals surface area (Å²) in [5, 5.41) is 9.19. The Bertz CT molecular complexity index is 1890. The topological polar surface area (TPSA) is 101 Å². The monoisotopic (exact) mass is 676 g/mol. The van der Waals surface area contributed by atoms with Crippen molar-refractivity contribution >= 4 is 43.1 Å². The van der Waals surface area contributed by atoms with Crippen molar-refractivity contribution in [2.45, 2.75) is 50.2 Å². The number of rotatable bonds is 3. The maximum atomic E-state index is 16.4. The number of nitrogens with zero attached hydrogens (tertiary/aromatic N) is 5. The third-order valence-electron chi connectivity index (χ3n) is 9.40. The average Bonchev–Trinajstić information content (AvgIpc) is 3.79. The second-order valence-corrected chi connectivity index (χ2v) is 13.4. The second kappa shape index (κ2) is 12.0. The number of ether oxygens (including phenoxy) is 2. The van der Waals surface area contributed by atoms with Gasteiger partial charge in [0.2, 0.25) is 0 Å². The number of nitrogen functional groups attached to an aromatic ring is 1. The molecule has 4 aromatic rings. The first kappa shape index (κ1) is 31.7. The van der Waals surface area contributed by atoms with Crippen molar-refractivity contribution in [1.29, 1.82) is 5.26 Å². The number of halogens is 6. The van der Waals surface area contributed by atoms with Crippen molar-refractivity contribution in [1.82, 2.24) is 14.9 Å². The molecule has 0 aliphatic carbocycles. The van der Waals surface area contributed by atoms with Gasteiger partial charge in [0.15, 0.2) is 5.82 Å². The number of hydrogen-bond donors (Lipinski definition) is 1. The van der Waals surface area contributed by atoms with E-state index >= 15 is 4.39 Å². The van der Waals surface area contributed by atoms with Crippen molar-refractivity contribution in [3.8, 4) is 23.2 Å². The molecule has 8 nitrogen and oxygen atoms in total. The summed E-state index contributed by atoms with van der Waals surface area (Å²) in [6.45, 7) is 3.22. The fourth-order valence-electron chi connectivity index (χ4n) is 7.39. The maximum absolute atomic E-state index is 16.4. The van der Waals surface area contributed by atoms with Gasteiger partial charge in [-0.3, -0.25) is 4.90 Å². The summed E-state index contributed by atoms with van der Waals surface area (Å²) in [5.41, 5.74) is 2.75. The smallest absolute Gasteiger partial charge is 0.417 e. The van der Waals surface area contributed by atoms with Crippen molar-refractivity contribution < 1.29 is 35.8 Å². The van der Waals surface area contributed by atoms with Gasteiger partial charge in [0.25, 0.3) is 0 Å². The minimum atomic E-state index is -5.01. The molecule has 0 spiro atoms. The third kappa shape index (κ3) is 5.59. The number of nitrogens with two attached hydrogens (primary N) is 1. The Hall–Kier alpha value is -3.87. The molecule has 4 fully saturated rings. The predicted molar refractivity (Wildman–Crippen MR) is 165 cm³/mol. The standard InChI is InChI=1S/C25H18F5N5O2S.C7H12FN/c1-36-24-33-20-13(23(34-24)35-7-10-4-11(8-35)37-9-10)5-15(25(28,29)30)18(19(20)27)12-2-3-16(26)21-17(12)14(6-31)22(32)38-21;8-6-4-7-2-1-3-9(7)5-6/h2-3,5,10-11H,4,7-9,32H2,1H3;6-7H,1-5H2.